The number of para-hydroxylation sites is 1. The van der Waals surface area contributed by atoms with Crippen molar-refractivity contribution in [3.63, 3.8) is 0 Å². The smallest absolute Gasteiger partial charge is 0.326 e. The van der Waals surface area contributed by atoms with Gasteiger partial charge in [-0.3, -0.25) is 14.9 Å². The zero-order chi connectivity index (χ0) is 17.1. The first-order chi connectivity index (χ1) is 10.8. The van der Waals surface area contributed by atoms with Crippen LogP contribution in [0.2, 0.25) is 0 Å². The molecule has 2 atom stereocenters. The minimum atomic E-state index is -1.12. The lowest BCUT2D eigenvalue weighted by Crippen LogP contribution is -2.45. The summed E-state index contributed by atoms with van der Waals surface area (Å²) >= 11 is 0. The summed E-state index contributed by atoms with van der Waals surface area (Å²) in [5.74, 6) is -1.96. The number of carbonyl (C=O) groups excluding carboxylic acids is 1. The number of aromatic nitrogens is 1. The lowest BCUT2D eigenvalue weighted by atomic mass is 9.99. The Morgan fingerprint density at radius 2 is 2.13 bits per heavy atom. The summed E-state index contributed by atoms with van der Waals surface area (Å²) in [4.78, 5) is 36.7. The minimum absolute atomic E-state index is 0.0869. The molecule has 122 valence electrons. The zero-order valence-electron chi connectivity index (χ0n) is 12.7. The van der Waals surface area contributed by atoms with Crippen LogP contribution in [0.1, 0.15) is 30.8 Å². The van der Waals surface area contributed by atoms with Crippen molar-refractivity contribution in [2.45, 2.75) is 26.3 Å². The molecule has 0 saturated carbocycles. The summed E-state index contributed by atoms with van der Waals surface area (Å²) in [7, 11) is 0. The largest absolute Gasteiger partial charge is 0.480 e. The molecule has 0 fully saturated rings. The van der Waals surface area contributed by atoms with Crippen LogP contribution in [0.15, 0.2) is 24.3 Å². The second kappa shape index (κ2) is 6.47. The Hall–Kier alpha value is -2.90. The molecule has 1 amide bonds. The molecule has 0 bridgehead atoms. The summed E-state index contributed by atoms with van der Waals surface area (Å²) in [5, 5.41) is 23.2. The Balaban J connectivity index is 2.33. The number of aromatic amines is 1. The number of carbonyl (C=O) groups is 2. The van der Waals surface area contributed by atoms with Gasteiger partial charge in [-0.05, 0) is 12.0 Å². The zero-order valence-corrected chi connectivity index (χ0v) is 12.7. The molecule has 8 heteroatoms. The first-order valence-electron chi connectivity index (χ1n) is 7.15. The van der Waals surface area contributed by atoms with Gasteiger partial charge < -0.3 is 15.4 Å². The molecule has 0 saturated heterocycles. The highest BCUT2D eigenvalue weighted by atomic mass is 16.6. The van der Waals surface area contributed by atoms with Crippen molar-refractivity contribution in [2.24, 2.45) is 5.92 Å². The molecule has 0 unspecified atom stereocenters. The summed E-state index contributed by atoms with van der Waals surface area (Å²) in [6.07, 6.45) is 0.593. The SMILES string of the molecule is CC[C@H](C)[C@H](NC(=O)c1cc2cccc([N+](=O)[O-])c2[nH]1)C(=O)O. The lowest BCUT2D eigenvalue weighted by molar-refractivity contribution is -0.383. The van der Waals surface area contributed by atoms with E-state index in [-0.39, 0.29) is 22.8 Å². The van der Waals surface area contributed by atoms with E-state index in [1.807, 2.05) is 6.92 Å². The standard InChI is InChI=1S/C15H17N3O5/c1-3-8(2)12(15(20)21)17-14(19)10-7-9-5-4-6-11(18(22)23)13(9)16-10/h4-8,12,16H,3H2,1-2H3,(H,17,19)(H,20,21)/t8-,12-/m0/s1. The van der Waals surface area contributed by atoms with E-state index in [1.54, 1.807) is 13.0 Å². The number of aliphatic carboxylic acids is 1. The van der Waals surface area contributed by atoms with Gasteiger partial charge in [0.2, 0.25) is 0 Å². The van der Waals surface area contributed by atoms with Crippen molar-refractivity contribution in [1.29, 1.82) is 0 Å². The van der Waals surface area contributed by atoms with Crippen LogP contribution in [0.4, 0.5) is 5.69 Å². The first-order valence-corrected chi connectivity index (χ1v) is 7.15. The number of nitro benzene ring substituents is 1. The molecule has 8 nitrogen and oxygen atoms in total. The predicted molar refractivity (Wildman–Crippen MR) is 83.3 cm³/mol. The maximum absolute atomic E-state index is 12.3. The van der Waals surface area contributed by atoms with Gasteiger partial charge in [-0.15, -0.1) is 0 Å². The van der Waals surface area contributed by atoms with E-state index in [2.05, 4.69) is 10.3 Å². The molecule has 2 aromatic rings. The highest BCUT2D eigenvalue weighted by molar-refractivity contribution is 6.01. The number of benzene rings is 1. The van der Waals surface area contributed by atoms with Crippen molar-refractivity contribution in [3.05, 3.63) is 40.1 Å². The van der Waals surface area contributed by atoms with E-state index in [0.717, 1.165) is 0 Å². The number of rotatable bonds is 6. The van der Waals surface area contributed by atoms with Gasteiger partial charge in [0.25, 0.3) is 11.6 Å². The Bertz CT molecular complexity index is 768. The maximum Gasteiger partial charge on any atom is 0.326 e. The molecule has 1 aromatic carbocycles. The van der Waals surface area contributed by atoms with Crippen LogP contribution in [0.25, 0.3) is 10.9 Å². The molecule has 3 N–H and O–H groups in total. The van der Waals surface area contributed by atoms with E-state index < -0.39 is 22.8 Å². The van der Waals surface area contributed by atoms with Gasteiger partial charge in [0.1, 0.15) is 17.3 Å². The van der Waals surface area contributed by atoms with E-state index in [9.17, 15) is 24.8 Å². The van der Waals surface area contributed by atoms with Crippen molar-refractivity contribution in [2.75, 3.05) is 0 Å². The van der Waals surface area contributed by atoms with Crippen LogP contribution in [0.3, 0.4) is 0 Å². The Morgan fingerprint density at radius 1 is 1.43 bits per heavy atom. The van der Waals surface area contributed by atoms with E-state index in [1.165, 1.54) is 18.2 Å². The average molecular weight is 319 g/mol. The lowest BCUT2D eigenvalue weighted by Gasteiger charge is -2.19. The molecule has 0 aliphatic rings. The number of non-ortho nitro benzene ring substituents is 1. The molecular weight excluding hydrogens is 302 g/mol. The van der Waals surface area contributed by atoms with Gasteiger partial charge in [-0.1, -0.05) is 32.4 Å². The van der Waals surface area contributed by atoms with Gasteiger partial charge >= 0.3 is 5.97 Å². The van der Waals surface area contributed by atoms with E-state index in [0.29, 0.717) is 11.8 Å². The number of carboxylic acid groups (broad SMARTS) is 1. The number of nitrogens with zero attached hydrogens (tertiary/aromatic N) is 1. The van der Waals surface area contributed by atoms with Crippen LogP contribution >= 0.6 is 0 Å². The molecule has 2 rings (SSSR count). The molecular formula is C15H17N3O5. The van der Waals surface area contributed by atoms with Crippen LogP contribution in [0, 0.1) is 16.0 Å². The van der Waals surface area contributed by atoms with Crippen LogP contribution in [-0.2, 0) is 4.79 Å². The van der Waals surface area contributed by atoms with Gasteiger partial charge in [0, 0.05) is 11.5 Å². The van der Waals surface area contributed by atoms with Crippen LogP contribution in [-0.4, -0.2) is 32.9 Å². The molecule has 23 heavy (non-hydrogen) atoms. The fraction of sp³-hybridized carbons (Fsp3) is 0.333. The number of nitrogens with one attached hydrogen (secondary N) is 2. The first kappa shape index (κ1) is 16.5. The molecule has 0 spiro atoms. The third-order valence-corrected chi connectivity index (χ3v) is 3.84. The van der Waals surface area contributed by atoms with Gasteiger partial charge in [-0.2, -0.15) is 0 Å². The fourth-order valence-electron chi connectivity index (χ4n) is 2.32. The fourth-order valence-corrected chi connectivity index (χ4v) is 2.32. The maximum atomic E-state index is 12.3. The minimum Gasteiger partial charge on any atom is -0.480 e. The third-order valence-electron chi connectivity index (χ3n) is 3.84. The Kier molecular flexibility index (Phi) is 4.63. The number of H-pyrrole nitrogens is 1. The number of nitro groups is 1. The number of amides is 1. The molecule has 1 heterocycles. The topological polar surface area (TPSA) is 125 Å². The number of hydrogen-bond acceptors (Lipinski definition) is 4. The van der Waals surface area contributed by atoms with Gasteiger partial charge in [0.15, 0.2) is 0 Å². The van der Waals surface area contributed by atoms with E-state index >= 15 is 0 Å². The molecule has 1 aromatic heterocycles. The van der Waals surface area contributed by atoms with Crippen molar-refractivity contribution in [3.8, 4) is 0 Å². The van der Waals surface area contributed by atoms with Gasteiger partial charge in [0.05, 0.1) is 4.92 Å². The predicted octanol–water partition coefficient (Wildman–Crippen LogP) is 2.31. The summed E-state index contributed by atoms with van der Waals surface area (Å²) in [6, 6.07) is 4.94. The van der Waals surface area contributed by atoms with Crippen molar-refractivity contribution < 1.29 is 19.6 Å². The molecule has 0 aliphatic carbocycles. The van der Waals surface area contributed by atoms with Gasteiger partial charge in [-0.25, -0.2) is 4.79 Å². The van der Waals surface area contributed by atoms with Crippen LogP contribution < -0.4 is 5.32 Å². The second-order valence-corrected chi connectivity index (χ2v) is 5.36. The average Bonchev–Trinajstić information content (AvgIpc) is 2.95. The summed E-state index contributed by atoms with van der Waals surface area (Å²) in [5.41, 5.74) is 0.181. The monoisotopic (exact) mass is 319 g/mol. The second-order valence-electron chi connectivity index (χ2n) is 5.36. The number of fused-ring (bicyclic) bond motifs is 1. The summed E-state index contributed by atoms with van der Waals surface area (Å²) < 4.78 is 0. The molecule has 0 aliphatic heterocycles. The quantitative estimate of drug-likeness (QED) is 0.556. The third kappa shape index (κ3) is 3.31. The van der Waals surface area contributed by atoms with Crippen molar-refractivity contribution >= 4 is 28.5 Å². The molecule has 0 radical (unpaired) electrons. The Morgan fingerprint density at radius 3 is 2.70 bits per heavy atom. The Labute approximate surface area is 131 Å². The summed E-state index contributed by atoms with van der Waals surface area (Å²) in [6.45, 7) is 3.56. The highest BCUT2D eigenvalue weighted by Gasteiger charge is 2.26. The van der Waals surface area contributed by atoms with Crippen molar-refractivity contribution in [1.82, 2.24) is 10.3 Å². The van der Waals surface area contributed by atoms with Crippen LogP contribution in [0.5, 0.6) is 0 Å². The normalized spacial score (nSPS) is 13.5. The number of carboxylic acids is 1. The van der Waals surface area contributed by atoms with E-state index in [4.69, 9.17) is 0 Å². The number of hydrogen-bond donors (Lipinski definition) is 3. The highest BCUT2D eigenvalue weighted by Crippen LogP contribution is 2.25.